The molecule has 0 bridgehead atoms. The molecule has 0 aliphatic rings. The van der Waals surface area contributed by atoms with Crippen LogP contribution in [0.4, 0.5) is 0 Å². The fraction of sp³-hybridized carbons (Fsp3) is 0. The second kappa shape index (κ2) is 4.07. The van der Waals surface area contributed by atoms with E-state index in [9.17, 15) is 4.79 Å². The van der Waals surface area contributed by atoms with Crippen molar-refractivity contribution in [1.82, 2.24) is 4.98 Å². The van der Waals surface area contributed by atoms with Crippen LogP contribution in [0, 0.1) is 0 Å². The predicted molar refractivity (Wildman–Crippen MR) is 55.1 cm³/mol. The Bertz CT molecular complexity index is 365. The van der Waals surface area contributed by atoms with Crippen molar-refractivity contribution in [1.29, 1.82) is 0 Å². The van der Waals surface area contributed by atoms with Crippen molar-refractivity contribution in [2.24, 2.45) is 0 Å². The van der Waals surface area contributed by atoms with E-state index in [0.717, 1.165) is 5.69 Å². The van der Waals surface area contributed by atoms with E-state index < -0.39 is 0 Å². The van der Waals surface area contributed by atoms with Crippen LogP contribution in [0.2, 0.25) is 0 Å². The Morgan fingerprint density at radius 2 is 2.33 bits per heavy atom. The standard InChI is InChI=1S/C9H8BrNO/c1-2-8-7(3-5-10)9(12)4-6-11-8/h2-6H,1H2,(H,11,12)/b5-3+. The first kappa shape index (κ1) is 9.00. The molecule has 0 amide bonds. The first-order valence-electron chi connectivity index (χ1n) is 3.40. The Morgan fingerprint density at radius 1 is 1.58 bits per heavy atom. The van der Waals surface area contributed by atoms with Gasteiger partial charge in [0.15, 0.2) is 5.43 Å². The number of H-pyrrole nitrogens is 1. The summed E-state index contributed by atoms with van der Waals surface area (Å²) in [5, 5.41) is 0. The van der Waals surface area contributed by atoms with Crippen LogP contribution in [-0.4, -0.2) is 4.98 Å². The van der Waals surface area contributed by atoms with Crippen LogP contribution in [0.3, 0.4) is 0 Å². The third-order valence-corrected chi connectivity index (χ3v) is 1.73. The minimum atomic E-state index is -0.0145. The van der Waals surface area contributed by atoms with Crippen LogP contribution in [0.15, 0.2) is 28.6 Å². The van der Waals surface area contributed by atoms with Gasteiger partial charge in [0.2, 0.25) is 0 Å². The van der Waals surface area contributed by atoms with Crippen molar-refractivity contribution < 1.29 is 0 Å². The lowest BCUT2D eigenvalue weighted by Gasteiger charge is -1.97. The number of rotatable bonds is 2. The molecule has 0 saturated heterocycles. The molecule has 12 heavy (non-hydrogen) atoms. The van der Waals surface area contributed by atoms with Gasteiger partial charge in [-0.25, -0.2) is 0 Å². The van der Waals surface area contributed by atoms with Crippen molar-refractivity contribution in [2.45, 2.75) is 0 Å². The zero-order chi connectivity index (χ0) is 8.97. The summed E-state index contributed by atoms with van der Waals surface area (Å²) in [4.78, 5) is 15.8. The van der Waals surface area contributed by atoms with Crippen LogP contribution >= 0.6 is 15.9 Å². The highest BCUT2D eigenvalue weighted by molar-refractivity contribution is 9.11. The zero-order valence-corrected chi connectivity index (χ0v) is 7.97. The molecule has 1 heterocycles. The summed E-state index contributed by atoms with van der Waals surface area (Å²) in [6, 6.07) is 1.48. The lowest BCUT2D eigenvalue weighted by Crippen LogP contribution is -2.05. The first-order chi connectivity index (χ1) is 5.79. The van der Waals surface area contributed by atoms with Crippen molar-refractivity contribution >= 4 is 28.1 Å². The van der Waals surface area contributed by atoms with E-state index >= 15 is 0 Å². The normalized spacial score (nSPS) is 10.4. The quantitative estimate of drug-likeness (QED) is 0.824. The number of pyridine rings is 1. The smallest absolute Gasteiger partial charge is 0.189 e. The lowest BCUT2D eigenvalue weighted by atomic mass is 10.2. The van der Waals surface area contributed by atoms with Crippen LogP contribution in [0.1, 0.15) is 11.3 Å². The molecule has 0 atom stereocenters. The summed E-state index contributed by atoms with van der Waals surface area (Å²) in [5.74, 6) is 0. The van der Waals surface area contributed by atoms with Gasteiger partial charge in [-0.05, 0) is 17.1 Å². The highest BCUT2D eigenvalue weighted by atomic mass is 79.9. The van der Waals surface area contributed by atoms with E-state index in [4.69, 9.17) is 0 Å². The molecular weight excluding hydrogens is 218 g/mol. The van der Waals surface area contributed by atoms with E-state index in [-0.39, 0.29) is 5.43 Å². The monoisotopic (exact) mass is 225 g/mol. The number of aromatic amines is 1. The fourth-order valence-corrected chi connectivity index (χ4v) is 1.18. The SMILES string of the molecule is C=Cc1[nH]ccc(=O)c1/C=C/Br. The van der Waals surface area contributed by atoms with Gasteiger partial charge in [0.25, 0.3) is 0 Å². The summed E-state index contributed by atoms with van der Waals surface area (Å²) < 4.78 is 0. The van der Waals surface area contributed by atoms with Crippen molar-refractivity contribution in [3.05, 3.63) is 45.3 Å². The molecule has 0 aliphatic carbocycles. The molecule has 2 nitrogen and oxygen atoms in total. The number of halogens is 1. The number of hydrogen-bond acceptors (Lipinski definition) is 1. The van der Waals surface area contributed by atoms with Gasteiger partial charge in [-0.3, -0.25) is 4.79 Å². The van der Waals surface area contributed by atoms with Gasteiger partial charge in [0.05, 0.1) is 0 Å². The maximum absolute atomic E-state index is 11.2. The highest BCUT2D eigenvalue weighted by Gasteiger charge is 1.98. The largest absolute Gasteiger partial charge is 0.361 e. The summed E-state index contributed by atoms with van der Waals surface area (Å²) in [7, 11) is 0. The van der Waals surface area contributed by atoms with Crippen molar-refractivity contribution in [2.75, 3.05) is 0 Å². The average molecular weight is 226 g/mol. The van der Waals surface area contributed by atoms with E-state index in [1.807, 2.05) is 0 Å². The fourth-order valence-electron chi connectivity index (χ4n) is 0.911. The Kier molecular flexibility index (Phi) is 3.05. The molecule has 1 rings (SSSR count). The van der Waals surface area contributed by atoms with Gasteiger partial charge in [-0.15, -0.1) is 0 Å². The van der Waals surface area contributed by atoms with Gasteiger partial charge < -0.3 is 4.98 Å². The van der Waals surface area contributed by atoms with Gasteiger partial charge >= 0.3 is 0 Å². The minimum absolute atomic E-state index is 0.0145. The molecule has 3 heteroatoms. The second-order valence-corrected chi connectivity index (χ2v) is 2.69. The molecule has 0 spiro atoms. The van der Waals surface area contributed by atoms with Crippen LogP contribution < -0.4 is 5.43 Å². The maximum atomic E-state index is 11.2. The maximum Gasteiger partial charge on any atom is 0.189 e. The molecule has 0 fully saturated rings. The Hall–Kier alpha value is -1.09. The topological polar surface area (TPSA) is 32.9 Å². The molecule has 1 aromatic rings. The summed E-state index contributed by atoms with van der Waals surface area (Å²) in [5.41, 5.74) is 1.34. The van der Waals surface area contributed by atoms with E-state index in [1.54, 1.807) is 23.3 Å². The van der Waals surface area contributed by atoms with Crippen LogP contribution in [0.25, 0.3) is 12.2 Å². The summed E-state index contributed by atoms with van der Waals surface area (Å²) in [6.07, 6.45) is 4.91. The average Bonchev–Trinajstić information content (AvgIpc) is 2.09. The third kappa shape index (κ3) is 1.74. The second-order valence-electron chi connectivity index (χ2n) is 2.17. The van der Waals surface area contributed by atoms with Crippen LogP contribution in [0.5, 0.6) is 0 Å². The Balaban J connectivity index is 3.39. The molecule has 0 saturated carbocycles. The zero-order valence-electron chi connectivity index (χ0n) is 6.38. The molecule has 62 valence electrons. The van der Waals surface area contributed by atoms with Gasteiger partial charge in [0.1, 0.15) is 0 Å². The molecule has 1 N–H and O–H groups in total. The summed E-state index contributed by atoms with van der Waals surface area (Å²) in [6.45, 7) is 3.60. The highest BCUT2D eigenvalue weighted by Crippen LogP contribution is 2.04. The molecule has 0 aromatic carbocycles. The first-order valence-corrected chi connectivity index (χ1v) is 4.32. The predicted octanol–water partition coefficient (Wildman–Crippen LogP) is 2.38. The van der Waals surface area contributed by atoms with Crippen LogP contribution in [-0.2, 0) is 0 Å². The van der Waals surface area contributed by atoms with E-state index in [2.05, 4.69) is 27.5 Å². The van der Waals surface area contributed by atoms with Gasteiger partial charge in [-0.2, -0.15) is 0 Å². The molecule has 0 radical (unpaired) electrons. The Morgan fingerprint density at radius 3 is 2.92 bits per heavy atom. The third-order valence-electron chi connectivity index (χ3n) is 1.46. The van der Waals surface area contributed by atoms with E-state index in [0.29, 0.717) is 5.56 Å². The van der Waals surface area contributed by atoms with Gasteiger partial charge in [0, 0.05) is 23.5 Å². The molecule has 0 unspecified atom stereocenters. The minimum Gasteiger partial charge on any atom is -0.361 e. The number of aromatic nitrogens is 1. The van der Waals surface area contributed by atoms with Crippen molar-refractivity contribution in [3.63, 3.8) is 0 Å². The molecular formula is C9H8BrNO. The number of nitrogens with one attached hydrogen (secondary N) is 1. The molecule has 0 aliphatic heterocycles. The lowest BCUT2D eigenvalue weighted by molar-refractivity contribution is 1.26. The Labute approximate surface area is 78.8 Å². The summed E-state index contributed by atoms with van der Waals surface area (Å²) >= 11 is 3.12. The molecule has 1 aromatic heterocycles. The van der Waals surface area contributed by atoms with Crippen molar-refractivity contribution in [3.8, 4) is 0 Å². The van der Waals surface area contributed by atoms with Gasteiger partial charge in [-0.1, -0.05) is 22.5 Å². The number of hydrogen-bond donors (Lipinski definition) is 1. The van der Waals surface area contributed by atoms with E-state index in [1.165, 1.54) is 6.07 Å².